The normalized spacial score (nSPS) is 10.8. The average Bonchev–Trinajstić information content (AvgIpc) is 2.97. The minimum atomic E-state index is -0.462. The molecule has 0 saturated carbocycles. The molecular formula is C32H35F2N7O2. The van der Waals surface area contributed by atoms with E-state index in [1.54, 1.807) is 50.6 Å². The van der Waals surface area contributed by atoms with Gasteiger partial charge in [0.05, 0.1) is 29.9 Å². The molecule has 43 heavy (non-hydrogen) atoms. The number of carbonyl (C=O) groups excluding carboxylic acids is 1. The molecule has 0 bridgehead atoms. The second kappa shape index (κ2) is 13.8. The molecule has 0 saturated heterocycles. The molecule has 0 fully saturated rings. The van der Waals surface area contributed by atoms with E-state index >= 15 is 0 Å². The minimum absolute atomic E-state index is 0.176. The van der Waals surface area contributed by atoms with Crippen LogP contribution in [-0.4, -0.2) is 62.1 Å². The SMILES string of the molecule is C=CC(=O)Nc1cc(Nc2ncc(-c3ccc(F)cc3C)c(Nc3ccccc3F)n2)c(OC)cc1N(C)CCN(C)C. The largest absolute Gasteiger partial charge is 0.494 e. The molecule has 0 spiro atoms. The van der Waals surface area contributed by atoms with Gasteiger partial charge in [-0.05, 0) is 68.6 Å². The third-order valence-corrected chi connectivity index (χ3v) is 6.70. The fourth-order valence-electron chi connectivity index (χ4n) is 4.38. The third kappa shape index (κ3) is 7.63. The molecule has 3 aromatic carbocycles. The molecule has 0 atom stereocenters. The molecule has 4 rings (SSSR count). The minimum Gasteiger partial charge on any atom is -0.494 e. The van der Waals surface area contributed by atoms with Crippen molar-refractivity contribution in [2.75, 3.05) is 62.2 Å². The lowest BCUT2D eigenvalue weighted by Gasteiger charge is -2.26. The zero-order valence-electron chi connectivity index (χ0n) is 24.8. The fourth-order valence-corrected chi connectivity index (χ4v) is 4.38. The summed E-state index contributed by atoms with van der Waals surface area (Å²) < 4.78 is 34.2. The van der Waals surface area contributed by atoms with Crippen LogP contribution in [0.15, 0.2) is 73.4 Å². The van der Waals surface area contributed by atoms with E-state index < -0.39 is 5.82 Å². The Kier molecular flexibility index (Phi) is 9.89. The Morgan fingerprint density at radius 2 is 1.74 bits per heavy atom. The molecule has 9 nitrogen and oxygen atoms in total. The van der Waals surface area contributed by atoms with E-state index in [0.717, 1.165) is 12.2 Å². The van der Waals surface area contributed by atoms with Crippen molar-refractivity contribution in [1.29, 1.82) is 0 Å². The van der Waals surface area contributed by atoms with Crippen LogP contribution in [0.1, 0.15) is 5.56 Å². The van der Waals surface area contributed by atoms with Crippen LogP contribution in [0, 0.1) is 18.6 Å². The van der Waals surface area contributed by atoms with Crippen LogP contribution in [0.5, 0.6) is 5.75 Å². The van der Waals surface area contributed by atoms with E-state index in [1.165, 1.54) is 24.3 Å². The lowest BCUT2D eigenvalue weighted by molar-refractivity contribution is -0.111. The smallest absolute Gasteiger partial charge is 0.247 e. The first-order valence-electron chi connectivity index (χ1n) is 13.5. The monoisotopic (exact) mass is 587 g/mol. The van der Waals surface area contributed by atoms with Gasteiger partial charge in [0.1, 0.15) is 23.2 Å². The van der Waals surface area contributed by atoms with Crippen molar-refractivity contribution in [1.82, 2.24) is 14.9 Å². The van der Waals surface area contributed by atoms with Gasteiger partial charge in [0.25, 0.3) is 0 Å². The molecule has 1 aromatic heterocycles. The number of amides is 1. The Morgan fingerprint density at radius 1 is 0.977 bits per heavy atom. The van der Waals surface area contributed by atoms with Gasteiger partial charge < -0.3 is 30.5 Å². The van der Waals surface area contributed by atoms with Crippen molar-refractivity contribution in [2.24, 2.45) is 0 Å². The number of para-hydroxylation sites is 1. The topological polar surface area (TPSA) is 94.6 Å². The van der Waals surface area contributed by atoms with Crippen LogP contribution in [0.2, 0.25) is 0 Å². The number of hydrogen-bond donors (Lipinski definition) is 3. The van der Waals surface area contributed by atoms with Crippen molar-refractivity contribution in [3.63, 3.8) is 0 Å². The van der Waals surface area contributed by atoms with Gasteiger partial charge in [-0.25, -0.2) is 13.8 Å². The number of methoxy groups -OCH3 is 1. The summed E-state index contributed by atoms with van der Waals surface area (Å²) >= 11 is 0. The van der Waals surface area contributed by atoms with E-state index in [2.05, 4.69) is 37.4 Å². The molecule has 3 N–H and O–H groups in total. The number of halogens is 2. The van der Waals surface area contributed by atoms with Gasteiger partial charge >= 0.3 is 0 Å². The Hall–Kier alpha value is -5.03. The predicted molar refractivity (Wildman–Crippen MR) is 169 cm³/mol. The zero-order valence-corrected chi connectivity index (χ0v) is 24.8. The molecule has 1 amide bonds. The molecule has 1 heterocycles. The number of likely N-dealkylation sites (N-methyl/N-ethyl adjacent to an activating group) is 2. The van der Waals surface area contributed by atoms with Crippen LogP contribution in [-0.2, 0) is 4.79 Å². The maximum atomic E-state index is 14.6. The highest BCUT2D eigenvalue weighted by molar-refractivity contribution is 6.02. The van der Waals surface area contributed by atoms with Crippen molar-refractivity contribution in [2.45, 2.75) is 6.92 Å². The number of anilines is 6. The summed E-state index contributed by atoms with van der Waals surface area (Å²) in [5, 5.41) is 9.09. The first-order chi connectivity index (χ1) is 20.6. The maximum Gasteiger partial charge on any atom is 0.247 e. The van der Waals surface area contributed by atoms with Crippen molar-refractivity contribution < 1.29 is 18.3 Å². The number of nitrogens with zero attached hydrogens (tertiary/aromatic N) is 4. The quantitative estimate of drug-likeness (QED) is 0.165. The van der Waals surface area contributed by atoms with Crippen LogP contribution in [0.3, 0.4) is 0 Å². The van der Waals surface area contributed by atoms with Crippen LogP contribution < -0.4 is 25.6 Å². The fraction of sp³-hybridized carbons (Fsp3) is 0.219. The standard InChI is InChI=1S/C32H35F2N7O2/c1-7-30(42)36-26-17-27(29(43-6)18-28(26)41(5)15-14-40(3)4)38-32-35-19-23(22-13-12-21(33)16-20(22)2)31(39-32)37-25-11-9-8-10-24(25)34/h7-13,16-19H,1,14-15H2,2-6H3,(H,36,42)(H2,35,37,38,39). The Bertz CT molecular complexity index is 1630. The number of nitrogens with one attached hydrogen (secondary N) is 3. The first kappa shape index (κ1) is 30.9. The molecule has 224 valence electrons. The third-order valence-electron chi connectivity index (χ3n) is 6.70. The maximum absolute atomic E-state index is 14.6. The molecule has 0 aliphatic heterocycles. The molecule has 0 aliphatic rings. The van der Waals surface area contributed by atoms with Crippen LogP contribution in [0.25, 0.3) is 11.1 Å². The van der Waals surface area contributed by atoms with Gasteiger partial charge in [-0.15, -0.1) is 0 Å². The number of aryl methyl sites for hydroxylation is 1. The number of ether oxygens (including phenoxy) is 1. The molecule has 0 unspecified atom stereocenters. The van der Waals surface area contributed by atoms with E-state index in [0.29, 0.717) is 46.2 Å². The second-order valence-electron chi connectivity index (χ2n) is 10.1. The highest BCUT2D eigenvalue weighted by Crippen LogP contribution is 2.39. The van der Waals surface area contributed by atoms with Gasteiger partial charge in [-0.3, -0.25) is 4.79 Å². The summed E-state index contributed by atoms with van der Waals surface area (Å²) in [6.45, 7) is 6.82. The average molecular weight is 588 g/mol. The molecule has 0 aliphatic carbocycles. The summed E-state index contributed by atoms with van der Waals surface area (Å²) in [5.41, 5.74) is 3.86. The summed E-state index contributed by atoms with van der Waals surface area (Å²) in [6.07, 6.45) is 2.77. The Balaban J connectivity index is 1.78. The van der Waals surface area contributed by atoms with Crippen molar-refractivity contribution in [3.8, 4) is 16.9 Å². The van der Waals surface area contributed by atoms with Crippen LogP contribution >= 0.6 is 0 Å². The summed E-state index contributed by atoms with van der Waals surface area (Å²) in [5.74, 6) is -0.243. The Labute approximate surface area is 250 Å². The first-order valence-corrected chi connectivity index (χ1v) is 13.5. The number of carbonyl (C=O) groups is 1. The zero-order chi connectivity index (χ0) is 31.1. The van der Waals surface area contributed by atoms with Gasteiger partial charge in [0.15, 0.2) is 0 Å². The highest BCUT2D eigenvalue weighted by Gasteiger charge is 2.18. The number of hydrogen-bond acceptors (Lipinski definition) is 8. The van der Waals surface area contributed by atoms with Crippen molar-refractivity contribution >= 4 is 40.4 Å². The Morgan fingerprint density at radius 3 is 2.42 bits per heavy atom. The molecule has 4 aromatic rings. The lowest BCUT2D eigenvalue weighted by Crippen LogP contribution is -2.29. The second-order valence-corrected chi connectivity index (χ2v) is 10.1. The van der Waals surface area contributed by atoms with Gasteiger partial charge in [-0.1, -0.05) is 24.8 Å². The van der Waals surface area contributed by atoms with Gasteiger partial charge in [0, 0.05) is 38.0 Å². The van der Waals surface area contributed by atoms with E-state index in [4.69, 9.17) is 4.74 Å². The van der Waals surface area contributed by atoms with Gasteiger partial charge in [0.2, 0.25) is 11.9 Å². The number of benzene rings is 3. The molecular weight excluding hydrogens is 552 g/mol. The van der Waals surface area contributed by atoms with E-state index in [9.17, 15) is 13.6 Å². The molecule has 11 heteroatoms. The van der Waals surface area contributed by atoms with E-state index in [1.807, 2.05) is 32.1 Å². The number of rotatable bonds is 12. The van der Waals surface area contributed by atoms with E-state index in [-0.39, 0.29) is 23.4 Å². The lowest BCUT2D eigenvalue weighted by atomic mass is 10.0. The summed E-state index contributed by atoms with van der Waals surface area (Å²) in [6, 6.07) is 14.2. The highest BCUT2D eigenvalue weighted by atomic mass is 19.1. The van der Waals surface area contributed by atoms with Gasteiger partial charge in [-0.2, -0.15) is 4.98 Å². The summed E-state index contributed by atoms with van der Waals surface area (Å²) in [4.78, 5) is 25.6. The van der Waals surface area contributed by atoms with Crippen LogP contribution in [0.4, 0.5) is 43.3 Å². The predicted octanol–water partition coefficient (Wildman–Crippen LogP) is 6.35. The number of aromatic nitrogens is 2. The van der Waals surface area contributed by atoms with Crippen molar-refractivity contribution in [3.05, 3.63) is 90.6 Å². The summed E-state index contributed by atoms with van der Waals surface area (Å²) in [7, 11) is 7.44. The molecule has 0 radical (unpaired) electrons.